The number of nitrogens with one attached hydrogen (secondary N) is 1. The van der Waals surface area contributed by atoms with Gasteiger partial charge in [0.1, 0.15) is 29.6 Å². The third kappa shape index (κ3) is 13.7. The van der Waals surface area contributed by atoms with E-state index in [1.54, 1.807) is 16.7 Å². The Bertz CT molecular complexity index is 1710. The Labute approximate surface area is 380 Å². The molecule has 3 fully saturated rings. The number of rotatable bonds is 11. The molecule has 0 bridgehead atoms. The predicted octanol–water partition coefficient (Wildman–Crippen LogP) is 7.22. The first-order valence-electron chi connectivity index (χ1n) is 20.8. The summed E-state index contributed by atoms with van der Waals surface area (Å²) in [5, 5.41) is 23.6. The van der Waals surface area contributed by atoms with E-state index in [4.69, 9.17) is 29.4 Å². The first-order valence-corrected chi connectivity index (χ1v) is 20.8. The number of hydrogen-bond donors (Lipinski definition) is 3. The Morgan fingerprint density at radius 1 is 1.03 bits per heavy atom. The monoisotopic (exact) mass is 894 g/mol. The highest BCUT2D eigenvalue weighted by atomic mass is 16.7. The Kier molecular flexibility index (Phi) is 23.7. The Morgan fingerprint density at radius 3 is 2.32 bits per heavy atom. The lowest BCUT2D eigenvalue weighted by atomic mass is 9.83. The molecule has 3 saturated heterocycles. The van der Waals surface area contributed by atoms with Crippen molar-refractivity contribution in [3.05, 3.63) is 30.5 Å². The van der Waals surface area contributed by atoms with Crippen LogP contribution in [0.15, 0.2) is 30.5 Å². The molecule has 3 aliphatic rings. The van der Waals surface area contributed by atoms with Gasteiger partial charge < -0.3 is 44.7 Å². The number of aryl methyl sites for hydroxylation is 1. The normalized spacial score (nSPS) is 32.8. The fourth-order valence-corrected chi connectivity index (χ4v) is 8.95. The Morgan fingerprint density at radius 2 is 1.70 bits per heavy atom. The number of fused-ring (bicyclic) bond motifs is 1. The van der Waals surface area contributed by atoms with E-state index in [2.05, 4.69) is 22.6 Å². The highest BCUT2D eigenvalue weighted by molar-refractivity contribution is 5.99. The second-order valence-corrected chi connectivity index (χ2v) is 17.3. The smallest absolute Gasteiger partial charge is 0.410 e. The molecule has 63 heavy (non-hydrogen) atoms. The molecule has 16 nitrogen and oxygen atoms in total. The van der Waals surface area contributed by atoms with Crippen molar-refractivity contribution in [1.29, 1.82) is 0 Å². The number of nitrogen functional groups attached to an aromatic ring is 1. The molecule has 0 radical (unpaired) electrons. The molecule has 0 aliphatic carbocycles. The number of ether oxygens (including phenoxy) is 5. The maximum Gasteiger partial charge on any atom is 0.410 e. The van der Waals surface area contributed by atoms with Gasteiger partial charge in [0.2, 0.25) is 0 Å². The van der Waals surface area contributed by atoms with Crippen LogP contribution in [0.25, 0.3) is 11.3 Å². The van der Waals surface area contributed by atoms with Gasteiger partial charge in [-0.3, -0.25) is 19.2 Å². The minimum Gasteiger partial charge on any atom is -0.458 e. The number of unbranched alkanes of at least 4 members (excludes halogenated alkanes) is 1. The van der Waals surface area contributed by atoms with Crippen molar-refractivity contribution in [3.8, 4) is 11.3 Å². The highest BCUT2D eigenvalue weighted by Crippen LogP contribution is 2.39. The summed E-state index contributed by atoms with van der Waals surface area (Å²) in [5.41, 5.74) is 5.98. The van der Waals surface area contributed by atoms with Crippen molar-refractivity contribution >= 4 is 23.5 Å². The van der Waals surface area contributed by atoms with Crippen molar-refractivity contribution in [1.82, 2.24) is 30.1 Å². The van der Waals surface area contributed by atoms with Gasteiger partial charge in [-0.2, -0.15) is 0 Å². The van der Waals surface area contributed by atoms with Crippen molar-refractivity contribution < 1.29 is 43.2 Å². The van der Waals surface area contributed by atoms with Crippen molar-refractivity contribution in [2.45, 2.75) is 191 Å². The van der Waals surface area contributed by atoms with E-state index in [-0.39, 0.29) is 67.7 Å². The quantitative estimate of drug-likeness (QED) is 0.0886. The second-order valence-electron chi connectivity index (χ2n) is 17.3. The number of aliphatic hydroxyl groups excluding tert-OH is 1. The third-order valence-electron chi connectivity index (χ3n) is 12.5. The fourth-order valence-electron chi connectivity index (χ4n) is 8.95. The highest BCUT2D eigenvalue weighted by Gasteiger charge is 2.58. The first kappa shape index (κ1) is 59.3. The molecule has 364 valence electrons. The number of esters is 1. The Balaban J connectivity index is 0.00000769. The van der Waals surface area contributed by atoms with Crippen molar-refractivity contribution in [2.24, 2.45) is 11.8 Å². The van der Waals surface area contributed by atoms with Gasteiger partial charge in [-0.1, -0.05) is 68.3 Å². The van der Waals surface area contributed by atoms with Gasteiger partial charge in [-0.05, 0) is 105 Å². The van der Waals surface area contributed by atoms with Crippen LogP contribution in [0.1, 0.15) is 124 Å². The van der Waals surface area contributed by atoms with E-state index >= 15 is 0 Å². The van der Waals surface area contributed by atoms with Gasteiger partial charge in [0.25, 0.3) is 0 Å². The number of carbonyl (C=O) groups excluding carboxylic acids is 3. The van der Waals surface area contributed by atoms with E-state index < -0.39 is 65.6 Å². The van der Waals surface area contributed by atoms with Gasteiger partial charge in [0.05, 0.1) is 30.0 Å². The zero-order chi connectivity index (χ0) is 42.5. The van der Waals surface area contributed by atoms with Crippen LogP contribution in [0.5, 0.6) is 0 Å². The van der Waals surface area contributed by atoms with Gasteiger partial charge in [-0.15, -0.1) is 5.10 Å². The van der Waals surface area contributed by atoms with E-state index in [1.165, 1.54) is 6.92 Å². The van der Waals surface area contributed by atoms with E-state index in [0.717, 1.165) is 11.3 Å². The van der Waals surface area contributed by atoms with Gasteiger partial charge >= 0.3 is 12.1 Å². The number of hydrogen-bond acceptors (Lipinski definition) is 14. The summed E-state index contributed by atoms with van der Waals surface area (Å²) < 4.78 is 33.0. The van der Waals surface area contributed by atoms with Gasteiger partial charge in [0.15, 0.2) is 11.9 Å². The molecule has 1 aromatic heterocycles. The SMILES string of the molecule is C.C.C.C.C.CC[C@H]1OC(=O)[C@H](C)C(=O)C[C@@H](O[C@@H]2OC(C)CC(N(C)C)C2O)[C@](C)(OC)C[C@@H](C)CN[C@H](C)[C@H]2N(CCCCn3cc(-c4cccc(N)c4)nn3)C(=O)O[C@]12C. The van der Waals surface area contributed by atoms with Crippen LogP contribution in [0.3, 0.4) is 0 Å². The molecule has 5 rings (SSSR count). The third-order valence-corrected chi connectivity index (χ3v) is 12.5. The van der Waals surface area contributed by atoms with Crippen LogP contribution >= 0.6 is 0 Å². The minimum atomic E-state index is -1.22. The lowest BCUT2D eigenvalue weighted by molar-refractivity contribution is -0.289. The molecule has 0 saturated carbocycles. The van der Waals surface area contributed by atoms with Crippen LogP contribution in [0.4, 0.5) is 10.5 Å². The van der Waals surface area contributed by atoms with E-state index in [0.29, 0.717) is 57.4 Å². The number of Topliss-reactive ketones (excluding diaryl/α,β-unsaturated/α-hetero) is 1. The number of nitrogens with two attached hydrogens (primary N) is 1. The number of carbonyl (C=O) groups is 3. The van der Waals surface area contributed by atoms with Crippen molar-refractivity contribution in [3.63, 3.8) is 0 Å². The zero-order valence-corrected chi connectivity index (χ0v) is 36.1. The predicted molar refractivity (Wildman–Crippen MR) is 251 cm³/mol. The van der Waals surface area contributed by atoms with Gasteiger partial charge in [0, 0.05) is 50.0 Å². The van der Waals surface area contributed by atoms with Gasteiger partial charge in [-0.25, -0.2) is 4.79 Å². The molecule has 2 aromatic rings. The molecular weight excluding hydrogens is 807 g/mol. The number of ketones is 1. The summed E-state index contributed by atoms with van der Waals surface area (Å²) in [6.45, 7) is 14.7. The lowest BCUT2D eigenvalue weighted by Gasteiger charge is -2.45. The molecule has 4 heterocycles. The average molecular weight is 894 g/mol. The van der Waals surface area contributed by atoms with Crippen LogP contribution in [0.2, 0.25) is 0 Å². The van der Waals surface area contributed by atoms with E-state index in [1.807, 2.05) is 84.1 Å². The number of amides is 1. The fraction of sp³-hybridized carbons (Fsp3) is 0.766. The summed E-state index contributed by atoms with van der Waals surface area (Å²) in [5.74, 6) is -2.27. The summed E-state index contributed by atoms with van der Waals surface area (Å²) in [6.07, 6.45) is 0.116. The molecule has 0 spiro atoms. The summed E-state index contributed by atoms with van der Waals surface area (Å²) in [6, 6.07) is 6.47. The molecule has 4 N–H and O–H groups in total. The standard InChI is InChI=1S/C42H67N7O9.5CH4/c1-11-34-42(7)37(49(40(53)58-42)18-13-12-17-48-24-31(45-46-48)29-15-14-16-30(43)20-29)28(5)44-23-25(2)22-41(6,54-10)35(21-33(50)27(4)38(52)56-34)57-39-36(51)32(47(8)9)19-26(3)55-39;;;;;/h14-16,20,24-28,32,34-37,39,44,51H,11-13,17-19,21-23,43H2,1-10H3;5*1H4/t25-,26?,27-,28-,32?,34-,35-,36?,37-,39+,41-,42-;;;;;/m1...../s1. The Hall–Kier alpha value is -3.67. The summed E-state index contributed by atoms with van der Waals surface area (Å²) in [7, 11) is 5.38. The van der Waals surface area contributed by atoms with Crippen LogP contribution in [-0.2, 0) is 39.8 Å². The number of nitrogens with zero attached hydrogens (tertiary/aromatic N) is 5. The summed E-state index contributed by atoms with van der Waals surface area (Å²) >= 11 is 0. The molecule has 1 amide bonds. The molecule has 12 atom stereocenters. The molecule has 16 heteroatoms. The summed E-state index contributed by atoms with van der Waals surface area (Å²) in [4.78, 5) is 45.4. The number of aromatic nitrogens is 3. The van der Waals surface area contributed by atoms with Crippen molar-refractivity contribution in [2.75, 3.05) is 40.0 Å². The van der Waals surface area contributed by atoms with E-state index in [9.17, 15) is 19.5 Å². The first-order chi connectivity index (χ1) is 27.4. The number of likely N-dealkylation sites (N-methyl/N-ethyl adjacent to an activating group) is 1. The lowest BCUT2D eigenvalue weighted by Crippen LogP contribution is -2.61. The van der Waals surface area contributed by atoms with Crippen LogP contribution in [-0.4, -0.2) is 142 Å². The topological polar surface area (TPSA) is 193 Å². The maximum absolute atomic E-state index is 14.0. The zero-order valence-electron chi connectivity index (χ0n) is 36.1. The number of cyclic esters (lactones) is 1. The molecule has 1 aromatic carbocycles. The number of aliphatic hydroxyl groups is 1. The molecular formula is C47H87N7O9. The largest absolute Gasteiger partial charge is 0.458 e. The molecule has 3 unspecified atom stereocenters. The maximum atomic E-state index is 14.0. The number of benzene rings is 1. The van der Waals surface area contributed by atoms with Crippen LogP contribution < -0.4 is 11.1 Å². The molecule has 3 aliphatic heterocycles. The second kappa shape index (κ2) is 25.1. The average Bonchev–Trinajstić information content (AvgIpc) is 3.76. The number of anilines is 1. The minimum absolute atomic E-state index is 0. The number of methoxy groups -OCH3 is 1. The van der Waals surface area contributed by atoms with Crippen LogP contribution in [0, 0.1) is 11.8 Å².